The number of anilines is 2. The molecule has 148 valence electrons. The van der Waals surface area contributed by atoms with Crippen LogP contribution in [0, 0.1) is 0 Å². The molecule has 0 atom stereocenters. The smallest absolute Gasteiger partial charge is 0.265 e. The fraction of sp³-hybridized carbons (Fsp3) is 0.143. The van der Waals surface area contributed by atoms with E-state index in [4.69, 9.17) is 5.73 Å². The van der Waals surface area contributed by atoms with E-state index in [0.29, 0.717) is 16.8 Å². The van der Waals surface area contributed by atoms with Gasteiger partial charge in [-0.2, -0.15) is 0 Å². The summed E-state index contributed by atoms with van der Waals surface area (Å²) in [6, 6.07) is 19.2. The number of nitrogens with two attached hydrogens (primary N) is 1. The second-order valence-corrected chi connectivity index (χ2v) is 8.57. The fourth-order valence-corrected chi connectivity index (χ4v) is 5.22. The maximum Gasteiger partial charge on any atom is 0.265 e. The predicted molar refractivity (Wildman–Crippen MR) is 111 cm³/mol. The minimum Gasteiger partial charge on any atom is -0.370 e. The van der Waals surface area contributed by atoms with Gasteiger partial charge >= 0.3 is 0 Å². The summed E-state index contributed by atoms with van der Waals surface area (Å²) in [5.41, 5.74) is 6.31. The van der Waals surface area contributed by atoms with Crippen molar-refractivity contribution < 1.29 is 18.0 Å². The van der Waals surface area contributed by atoms with Crippen LogP contribution in [-0.2, 0) is 19.6 Å². The number of hydrogen-bond donors (Lipinski definition) is 1. The number of carbonyl (C=O) groups is 2. The fourth-order valence-electron chi connectivity index (χ4n) is 3.56. The molecule has 3 aromatic rings. The van der Waals surface area contributed by atoms with Gasteiger partial charge in [0.15, 0.2) is 0 Å². The van der Waals surface area contributed by atoms with Crippen molar-refractivity contribution in [2.24, 2.45) is 5.73 Å². The van der Waals surface area contributed by atoms with Crippen LogP contribution in [0.25, 0.3) is 10.8 Å². The highest BCUT2D eigenvalue weighted by Crippen LogP contribution is 2.41. The molecule has 2 N–H and O–H groups in total. The summed E-state index contributed by atoms with van der Waals surface area (Å²) < 4.78 is 27.3. The van der Waals surface area contributed by atoms with Crippen LogP contribution in [0.15, 0.2) is 71.6 Å². The number of para-hydroxylation sites is 1. The van der Waals surface area contributed by atoms with Gasteiger partial charge in [-0.3, -0.25) is 13.9 Å². The highest BCUT2D eigenvalue weighted by atomic mass is 32.2. The normalized spacial score (nSPS) is 14.1. The maximum absolute atomic E-state index is 13.1. The molecule has 0 spiro atoms. The summed E-state index contributed by atoms with van der Waals surface area (Å²) in [6.45, 7) is -0.299. The summed E-state index contributed by atoms with van der Waals surface area (Å²) in [4.78, 5) is 26.0. The Morgan fingerprint density at radius 3 is 2.31 bits per heavy atom. The quantitative estimate of drug-likeness (QED) is 0.675. The van der Waals surface area contributed by atoms with Crippen LogP contribution in [0.1, 0.15) is 6.42 Å². The molecule has 0 bridgehead atoms. The van der Waals surface area contributed by atoms with Gasteiger partial charge in [-0.15, -0.1) is 0 Å². The Labute approximate surface area is 168 Å². The molecule has 0 saturated heterocycles. The first-order chi connectivity index (χ1) is 13.9. The minimum atomic E-state index is -3.85. The van der Waals surface area contributed by atoms with E-state index in [2.05, 4.69) is 0 Å². The standard InChI is InChI=1S/C21H19N3O4S/c22-19(25)12-13-23(16-8-2-1-3-9-16)20(26)14-24-17-10-4-6-15-7-5-11-18(21(15)17)29(24,27)28/h1-11H,12-14H2,(H2,22,25). The van der Waals surface area contributed by atoms with Gasteiger partial charge in [0.1, 0.15) is 6.54 Å². The second kappa shape index (κ2) is 7.21. The Hall–Kier alpha value is -3.39. The van der Waals surface area contributed by atoms with Gasteiger partial charge in [0.25, 0.3) is 10.0 Å². The molecule has 7 nitrogen and oxygen atoms in total. The van der Waals surface area contributed by atoms with Crippen molar-refractivity contribution in [1.82, 2.24) is 0 Å². The van der Waals surface area contributed by atoms with E-state index < -0.39 is 21.8 Å². The summed E-state index contributed by atoms with van der Waals surface area (Å²) >= 11 is 0. The number of rotatable bonds is 6. The molecular weight excluding hydrogens is 390 g/mol. The molecule has 1 aliphatic rings. The van der Waals surface area contributed by atoms with E-state index in [1.807, 2.05) is 18.2 Å². The monoisotopic (exact) mass is 409 g/mol. The first-order valence-corrected chi connectivity index (χ1v) is 10.5. The van der Waals surface area contributed by atoms with Crippen LogP contribution >= 0.6 is 0 Å². The summed E-state index contributed by atoms with van der Waals surface area (Å²) in [5.74, 6) is -0.976. The molecule has 0 unspecified atom stereocenters. The Morgan fingerprint density at radius 2 is 1.62 bits per heavy atom. The molecule has 0 saturated carbocycles. The van der Waals surface area contributed by atoms with Crippen LogP contribution in [0.2, 0.25) is 0 Å². The van der Waals surface area contributed by atoms with Crippen molar-refractivity contribution in [3.63, 3.8) is 0 Å². The summed E-state index contributed by atoms with van der Waals surface area (Å²) in [5, 5.41) is 1.42. The molecule has 2 amide bonds. The average Bonchev–Trinajstić information content (AvgIpc) is 2.92. The highest BCUT2D eigenvalue weighted by Gasteiger charge is 2.37. The molecule has 1 heterocycles. The molecule has 8 heteroatoms. The third kappa shape index (κ3) is 3.31. The van der Waals surface area contributed by atoms with Crippen LogP contribution in [0.5, 0.6) is 0 Å². The number of carbonyl (C=O) groups excluding carboxylic acids is 2. The van der Waals surface area contributed by atoms with Crippen LogP contribution in [0.4, 0.5) is 11.4 Å². The van der Waals surface area contributed by atoms with Crippen molar-refractivity contribution in [2.45, 2.75) is 11.3 Å². The van der Waals surface area contributed by atoms with Gasteiger partial charge < -0.3 is 10.6 Å². The van der Waals surface area contributed by atoms with E-state index in [1.54, 1.807) is 48.5 Å². The molecule has 0 aromatic heterocycles. The van der Waals surface area contributed by atoms with Gasteiger partial charge in [-0.05, 0) is 29.7 Å². The Balaban J connectivity index is 1.70. The zero-order valence-electron chi connectivity index (χ0n) is 15.5. The molecule has 4 rings (SSSR count). The number of primary amides is 1. The topological polar surface area (TPSA) is 101 Å². The van der Waals surface area contributed by atoms with Gasteiger partial charge in [0.2, 0.25) is 11.8 Å². The van der Waals surface area contributed by atoms with E-state index in [0.717, 1.165) is 9.69 Å². The second-order valence-electron chi connectivity index (χ2n) is 6.74. The van der Waals surface area contributed by atoms with Crippen molar-refractivity contribution in [2.75, 3.05) is 22.3 Å². The number of nitrogens with zero attached hydrogens (tertiary/aromatic N) is 2. The number of benzene rings is 3. The third-order valence-corrected chi connectivity index (χ3v) is 6.71. The van der Waals surface area contributed by atoms with E-state index in [-0.39, 0.29) is 24.4 Å². The van der Waals surface area contributed by atoms with Crippen LogP contribution in [-0.4, -0.2) is 33.3 Å². The first-order valence-electron chi connectivity index (χ1n) is 9.08. The summed E-state index contributed by atoms with van der Waals surface area (Å²) in [6.07, 6.45) is -0.0246. The van der Waals surface area contributed by atoms with E-state index in [9.17, 15) is 18.0 Å². The lowest BCUT2D eigenvalue weighted by Gasteiger charge is -2.26. The molecule has 0 radical (unpaired) electrons. The SMILES string of the molecule is NC(=O)CCN(C(=O)CN1c2cccc3cccc(c23)S1(=O)=O)c1ccccc1. The average molecular weight is 409 g/mol. The molecule has 0 aliphatic carbocycles. The first kappa shape index (κ1) is 18.9. The highest BCUT2D eigenvalue weighted by molar-refractivity contribution is 7.93. The van der Waals surface area contributed by atoms with Gasteiger partial charge in [0.05, 0.1) is 10.6 Å². The lowest BCUT2D eigenvalue weighted by atomic mass is 10.1. The van der Waals surface area contributed by atoms with Gasteiger partial charge in [-0.1, -0.05) is 42.5 Å². The predicted octanol–water partition coefficient (Wildman–Crippen LogP) is 2.26. The largest absolute Gasteiger partial charge is 0.370 e. The van der Waals surface area contributed by atoms with Crippen LogP contribution < -0.4 is 14.9 Å². The van der Waals surface area contributed by atoms with Gasteiger partial charge in [0, 0.05) is 24.0 Å². The maximum atomic E-state index is 13.1. The Bertz CT molecular complexity index is 1200. The molecule has 29 heavy (non-hydrogen) atoms. The van der Waals surface area contributed by atoms with Crippen molar-refractivity contribution in [3.8, 4) is 0 Å². The summed E-state index contributed by atoms with van der Waals surface area (Å²) in [7, 11) is -3.85. The molecule has 1 aliphatic heterocycles. The van der Waals surface area contributed by atoms with E-state index >= 15 is 0 Å². The molecule has 3 aromatic carbocycles. The third-order valence-electron chi connectivity index (χ3n) is 4.91. The van der Waals surface area contributed by atoms with E-state index in [1.165, 1.54) is 4.90 Å². The van der Waals surface area contributed by atoms with Gasteiger partial charge in [-0.25, -0.2) is 8.42 Å². The zero-order valence-corrected chi connectivity index (χ0v) is 16.3. The Morgan fingerprint density at radius 1 is 0.931 bits per heavy atom. The van der Waals surface area contributed by atoms with Crippen molar-refractivity contribution in [1.29, 1.82) is 0 Å². The van der Waals surface area contributed by atoms with Crippen molar-refractivity contribution >= 4 is 44.0 Å². The lowest BCUT2D eigenvalue weighted by Crippen LogP contribution is -2.43. The molecular formula is C21H19N3O4S. The minimum absolute atomic E-state index is 0.0246. The Kier molecular flexibility index (Phi) is 4.71. The van der Waals surface area contributed by atoms with Crippen LogP contribution in [0.3, 0.4) is 0 Å². The number of amides is 2. The number of hydrogen-bond acceptors (Lipinski definition) is 4. The lowest BCUT2D eigenvalue weighted by molar-refractivity contribution is -0.118. The zero-order chi connectivity index (χ0) is 20.6. The molecule has 0 fully saturated rings. The number of sulfonamides is 1. The van der Waals surface area contributed by atoms with Crippen molar-refractivity contribution in [3.05, 3.63) is 66.7 Å².